The van der Waals surface area contributed by atoms with Crippen LogP contribution in [0.3, 0.4) is 0 Å². The summed E-state index contributed by atoms with van der Waals surface area (Å²) in [7, 11) is 0. The van der Waals surface area contributed by atoms with Gasteiger partial charge in [-0.25, -0.2) is 9.59 Å². The Hall–Kier alpha value is -1.88. The van der Waals surface area contributed by atoms with Gasteiger partial charge in [0.2, 0.25) is 0 Å². The molecular formula is C20H26O5. The van der Waals surface area contributed by atoms with Gasteiger partial charge in [-0.1, -0.05) is 19.6 Å². The molecule has 0 aromatic rings. The van der Waals surface area contributed by atoms with E-state index in [4.69, 9.17) is 9.47 Å². The van der Waals surface area contributed by atoms with Crippen molar-refractivity contribution >= 4 is 11.9 Å². The summed E-state index contributed by atoms with van der Waals surface area (Å²) in [5.74, 6) is -1.10. The smallest absolute Gasteiger partial charge is 0.334 e. The summed E-state index contributed by atoms with van der Waals surface area (Å²) in [5, 5.41) is 10.3. The van der Waals surface area contributed by atoms with Gasteiger partial charge in [-0.2, -0.15) is 0 Å². The van der Waals surface area contributed by atoms with Crippen molar-refractivity contribution in [2.45, 2.75) is 58.3 Å². The zero-order valence-electron chi connectivity index (χ0n) is 15.2. The highest BCUT2D eigenvalue weighted by Gasteiger charge is 2.64. The highest BCUT2D eigenvalue weighted by molar-refractivity contribution is 5.93. The number of esters is 2. The third kappa shape index (κ3) is 2.65. The molecular weight excluding hydrogens is 320 g/mol. The maximum absolute atomic E-state index is 12.3. The maximum Gasteiger partial charge on any atom is 0.334 e. The average molecular weight is 346 g/mol. The van der Waals surface area contributed by atoms with E-state index >= 15 is 0 Å². The molecule has 136 valence electrons. The van der Waals surface area contributed by atoms with Gasteiger partial charge in [0.1, 0.15) is 11.7 Å². The molecule has 5 nitrogen and oxygen atoms in total. The van der Waals surface area contributed by atoms with E-state index in [0.717, 1.165) is 5.57 Å². The van der Waals surface area contributed by atoms with E-state index in [0.29, 0.717) is 24.0 Å². The van der Waals surface area contributed by atoms with Crippen LogP contribution in [-0.2, 0) is 19.1 Å². The Kier molecular flexibility index (Phi) is 4.40. The lowest BCUT2D eigenvalue weighted by molar-refractivity contribution is -0.172. The van der Waals surface area contributed by atoms with Crippen LogP contribution in [0.2, 0.25) is 0 Å². The largest absolute Gasteiger partial charge is 0.458 e. The molecule has 5 heteroatoms. The van der Waals surface area contributed by atoms with Crippen molar-refractivity contribution in [2.24, 2.45) is 17.8 Å². The quantitative estimate of drug-likeness (QED) is 0.473. The van der Waals surface area contributed by atoms with E-state index in [1.54, 1.807) is 19.9 Å². The Labute approximate surface area is 148 Å². The van der Waals surface area contributed by atoms with Crippen LogP contribution >= 0.6 is 0 Å². The van der Waals surface area contributed by atoms with Gasteiger partial charge in [0, 0.05) is 17.1 Å². The highest BCUT2D eigenvalue weighted by atomic mass is 16.6. The van der Waals surface area contributed by atoms with Crippen LogP contribution in [0.1, 0.15) is 40.5 Å². The molecule has 1 N–H and O–H groups in total. The molecule has 2 aliphatic carbocycles. The minimum absolute atomic E-state index is 0.0165. The first-order valence-corrected chi connectivity index (χ1v) is 8.84. The van der Waals surface area contributed by atoms with Crippen molar-refractivity contribution in [3.63, 3.8) is 0 Å². The number of aliphatic hydroxyl groups is 1. The van der Waals surface area contributed by atoms with Gasteiger partial charge in [-0.15, -0.1) is 0 Å². The van der Waals surface area contributed by atoms with Gasteiger partial charge in [-0.3, -0.25) is 0 Å². The zero-order chi connectivity index (χ0) is 18.5. The van der Waals surface area contributed by atoms with Gasteiger partial charge in [0.15, 0.2) is 0 Å². The van der Waals surface area contributed by atoms with Crippen molar-refractivity contribution < 1.29 is 24.2 Å². The van der Waals surface area contributed by atoms with E-state index in [1.165, 1.54) is 0 Å². The van der Waals surface area contributed by atoms with Gasteiger partial charge >= 0.3 is 11.9 Å². The van der Waals surface area contributed by atoms with Crippen LogP contribution in [0.25, 0.3) is 0 Å². The molecule has 3 aliphatic rings. The van der Waals surface area contributed by atoms with Gasteiger partial charge in [0.25, 0.3) is 0 Å². The first kappa shape index (κ1) is 17.9. The molecule has 0 bridgehead atoms. The number of allylic oxidation sites excluding steroid dienone is 1. The summed E-state index contributed by atoms with van der Waals surface area (Å²) in [5.41, 5.74) is 0.801. The second-order valence-corrected chi connectivity index (χ2v) is 7.62. The number of carbonyl (C=O) groups excluding carboxylic acids is 2. The van der Waals surface area contributed by atoms with Crippen LogP contribution < -0.4 is 0 Å². The molecule has 0 amide bonds. The number of carbonyl (C=O) groups is 2. The number of hydrogen-bond acceptors (Lipinski definition) is 5. The molecule has 1 spiro atoms. The van der Waals surface area contributed by atoms with Crippen molar-refractivity contribution in [2.75, 3.05) is 0 Å². The van der Waals surface area contributed by atoms with Gasteiger partial charge < -0.3 is 14.6 Å². The summed E-state index contributed by atoms with van der Waals surface area (Å²) in [4.78, 5) is 24.6. The monoisotopic (exact) mass is 346 g/mol. The second kappa shape index (κ2) is 6.13. The molecule has 2 fully saturated rings. The Bertz CT molecular complexity index is 688. The fourth-order valence-corrected chi connectivity index (χ4v) is 4.61. The summed E-state index contributed by atoms with van der Waals surface area (Å²) < 4.78 is 11.6. The summed E-state index contributed by atoms with van der Waals surface area (Å²) in [6.07, 6.45) is 3.73. The van der Waals surface area contributed by atoms with Crippen molar-refractivity contribution in [1.82, 2.24) is 0 Å². The van der Waals surface area contributed by atoms with Crippen LogP contribution in [0.4, 0.5) is 0 Å². The molecule has 0 radical (unpaired) electrons. The van der Waals surface area contributed by atoms with Crippen LogP contribution in [0.15, 0.2) is 35.5 Å². The minimum Gasteiger partial charge on any atom is -0.458 e. The Morgan fingerprint density at radius 2 is 2.16 bits per heavy atom. The second-order valence-electron chi connectivity index (χ2n) is 7.62. The molecule has 1 heterocycles. The highest BCUT2D eigenvalue weighted by Crippen LogP contribution is 2.56. The predicted molar refractivity (Wildman–Crippen MR) is 92.4 cm³/mol. The Morgan fingerprint density at radius 3 is 2.80 bits per heavy atom. The Morgan fingerprint density at radius 1 is 1.48 bits per heavy atom. The lowest BCUT2D eigenvalue weighted by Gasteiger charge is -2.51. The summed E-state index contributed by atoms with van der Waals surface area (Å²) in [6.45, 7) is 11.3. The molecule has 1 saturated heterocycles. The Balaban J connectivity index is 2.03. The normalized spacial score (nSPS) is 40.8. The molecule has 0 aromatic carbocycles. The van der Waals surface area contributed by atoms with Crippen LogP contribution in [0, 0.1) is 17.8 Å². The van der Waals surface area contributed by atoms with E-state index in [-0.39, 0.29) is 17.8 Å². The predicted octanol–water partition coefficient (Wildman–Crippen LogP) is 2.70. The van der Waals surface area contributed by atoms with Gasteiger partial charge in [-0.05, 0) is 51.2 Å². The summed E-state index contributed by atoms with van der Waals surface area (Å²) in [6, 6.07) is 0. The van der Waals surface area contributed by atoms with Crippen molar-refractivity contribution in [1.29, 1.82) is 0 Å². The molecule has 1 aliphatic heterocycles. The molecule has 0 unspecified atom stereocenters. The third-order valence-electron chi connectivity index (χ3n) is 6.10. The number of rotatable bonds is 2. The number of ether oxygens (including phenoxy) is 2. The maximum atomic E-state index is 12.3. The lowest BCUT2D eigenvalue weighted by atomic mass is 9.57. The minimum atomic E-state index is -0.871. The van der Waals surface area contributed by atoms with Gasteiger partial charge in [0.05, 0.1) is 12.0 Å². The first-order chi connectivity index (χ1) is 11.7. The molecule has 0 aromatic heterocycles. The molecule has 25 heavy (non-hydrogen) atoms. The standard InChI is InChI=1S/C20H26O5/c1-6-10(2)18(22)24-16-7-11(3)14-8-15(21)12(4)9-20(14)17(16)13(5)19(23)25-20/h6,9,11,14-17,21H,5,7-8H2,1-4H3/b10-6-/t11-,14+,15-,16-,17+,20-/m0/s1. The first-order valence-electron chi connectivity index (χ1n) is 8.84. The topological polar surface area (TPSA) is 72.8 Å². The van der Waals surface area contributed by atoms with E-state index < -0.39 is 29.7 Å². The lowest BCUT2D eigenvalue weighted by Crippen LogP contribution is -2.57. The van der Waals surface area contributed by atoms with E-state index in [2.05, 4.69) is 13.5 Å². The molecule has 1 saturated carbocycles. The van der Waals surface area contributed by atoms with Crippen LogP contribution in [-0.4, -0.2) is 34.9 Å². The van der Waals surface area contributed by atoms with E-state index in [1.807, 2.05) is 13.0 Å². The average Bonchev–Trinajstić information content (AvgIpc) is 2.80. The SMILES string of the molecule is C=C1C(=O)O[C@@]23C=C(C)[C@@H](O)C[C@@H]2[C@@H](C)C[C@H](OC(=O)/C(C)=C\C)[C@@H]13. The molecule has 3 rings (SSSR count). The van der Waals surface area contributed by atoms with E-state index in [9.17, 15) is 14.7 Å². The van der Waals surface area contributed by atoms with Crippen LogP contribution in [0.5, 0.6) is 0 Å². The fourth-order valence-electron chi connectivity index (χ4n) is 4.61. The zero-order valence-corrected chi connectivity index (χ0v) is 15.2. The fraction of sp³-hybridized carbons (Fsp3) is 0.600. The third-order valence-corrected chi connectivity index (χ3v) is 6.10. The van der Waals surface area contributed by atoms with Crippen molar-refractivity contribution in [3.8, 4) is 0 Å². The number of aliphatic hydroxyl groups excluding tert-OH is 1. The number of hydrogen-bond donors (Lipinski definition) is 1. The summed E-state index contributed by atoms with van der Waals surface area (Å²) >= 11 is 0. The molecule has 6 atom stereocenters. The van der Waals surface area contributed by atoms with Crippen molar-refractivity contribution in [3.05, 3.63) is 35.5 Å².